The Labute approximate surface area is 117 Å². The number of ether oxygens (including phenoxy) is 1. The fourth-order valence-electron chi connectivity index (χ4n) is 1.41. The molecule has 0 fully saturated rings. The minimum Gasteiger partial charge on any atom is -0.403 e. The van der Waals surface area contributed by atoms with E-state index in [2.05, 4.69) is 30.9 Å². The Balaban J connectivity index is 2.64. The number of H-pyrrole nitrogens is 2. The lowest BCUT2D eigenvalue weighted by Crippen LogP contribution is -2.21. The zero-order valence-electron chi connectivity index (χ0n) is 8.92. The lowest BCUT2D eigenvalue weighted by Gasteiger charge is -2.13. The van der Waals surface area contributed by atoms with E-state index < -0.39 is 17.8 Å². The lowest BCUT2D eigenvalue weighted by atomic mass is 10.3. The maximum Gasteiger partial charge on any atom is 0.573 e. The Kier molecular flexibility index (Phi) is 3.54. The third-order valence-corrected chi connectivity index (χ3v) is 2.85. The van der Waals surface area contributed by atoms with Gasteiger partial charge in [0.2, 0.25) is 4.77 Å². The van der Waals surface area contributed by atoms with Gasteiger partial charge in [-0.2, -0.15) is 0 Å². The van der Waals surface area contributed by atoms with E-state index in [1.165, 1.54) is 12.1 Å². The van der Waals surface area contributed by atoms with Crippen LogP contribution in [0.15, 0.2) is 27.5 Å². The summed E-state index contributed by atoms with van der Waals surface area (Å²) in [6, 6.07) is 3.84. The molecule has 102 valence electrons. The van der Waals surface area contributed by atoms with Gasteiger partial charge in [-0.05, 0) is 30.4 Å². The molecule has 0 amide bonds. The summed E-state index contributed by atoms with van der Waals surface area (Å²) < 4.78 is 42.0. The largest absolute Gasteiger partial charge is 0.573 e. The Morgan fingerprint density at radius 1 is 1.32 bits per heavy atom. The van der Waals surface area contributed by atoms with Crippen LogP contribution >= 0.6 is 28.1 Å². The van der Waals surface area contributed by atoms with Crippen molar-refractivity contribution in [1.29, 1.82) is 0 Å². The average Bonchev–Trinajstić information content (AvgIpc) is 2.58. The lowest BCUT2D eigenvalue weighted by molar-refractivity contribution is -0.274. The van der Waals surface area contributed by atoms with E-state index in [1.54, 1.807) is 0 Å². The molecule has 0 atom stereocenters. The molecule has 5 nitrogen and oxygen atoms in total. The van der Waals surface area contributed by atoms with Gasteiger partial charge in [0.05, 0.1) is 5.69 Å². The summed E-state index contributed by atoms with van der Waals surface area (Å²) in [6.45, 7) is 0. The van der Waals surface area contributed by atoms with Crippen molar-refractivity contribution in [3.63, 3.8) is 0 Å². The molecule has 0 saturated heterocycles. The second-order valence-electron chi connectivity index (χ2n) is 3.36. The number of halogens is 4. The first-order valence-corrected chi connectivity index (χ1v) is 5.93. The molecular weight excluding hydrogens is 351 g/mol. The van der Waals surface area contributed by atoms with E-state index in [0.29, 0.717) is 4.47 Å². The number of hydrogen-bond donors (Lipinski definition) is 2. The third kappa shape index (κ3) is 3.07. The number of alkyl halides is 3. The Morgan fingerprint density at radius 2 is 2.00 bits per heavy atom. The van der Waals surface area contributed by atoms with Gasteiger partial charge in [-0.15, -0.1) is 13.2 Å². The van der Waals surface area contributed by atoms with Crippen molar-refractivity contribution in [1.82, 2.24) is 14.8 Å². The molecule has 1 aromatic heterocycles. The summed E-state index contributed by atoms with van der Waals surface area (Å²) in [6.07, 6.45) is -4.87. The molecule has 0 radical (unpaired) electrons. The zero-order chi connectivity index (χ0) is 14.2. The highest BCUT2D eigenvalue weighted by Crippen LogP contribution is 2.31. The topological polar surface area (TPSA) is 62.8 Å². The van der Waals surface area contributed by atoms with Crippen molar-refractivity contribution in [2.45, 2.75) is 6.36 Å². The summed E-state index contributed by atoms with van der Waals surface area (Å²) in [5.74, 6) is -0.539. The van der Waals surface area contributed by atoms with Crippen molar-refractivity contribution in [3.05, 3.63) is 37.9 Å². The molecular formula is C9H5BrF3N3O2S. The van der Waals surface area contributed by atoms with Crippen LogP contribution in [0.25, 0.3) is 5.69 Å². The Bertz CT molecular complexity index is 691. The van der Waals surface area contributed by atoms with Crippen LogP contribution in [0, 0.1) is 4.77 Å². The van der Waals surface area contributed by atoms with E-state index in [1.807, 2.05) is 0 Å². The molecule has 0 aliphatic heterocycles. The fraction of sp³-hybridized carbons (Fsp3) is 0.111. The second kappa shape index (κ2) is 4.85. The van der Waals surface area contributed by atoms with Gasteiger partial charge in [-0.3, -0.25) is 5.10 Å². The van der Waals surface area contributed by atoms with Crippen molar-refractivity contribution in [2.24, 2.45) is 0 Å². The maximum atomic E-state index is 12.3. The molecule has 0 saturated carbocycles. The molecule has 19 heavy (non-hydrogen) atoms. The molecule has 0 unspecified atom stereocenters. The van der Waals surface area contributed by atoms with Crippen LogP contribution in [0.4, 0.5) is 13.2 Å². The number of nitrogens with zero attached hydrogens (tertiary/aromatic N) is 1. The number of rotatable bonds is 2. The molecule has 0 spiro atoms. The van der Waals surface area contributed by atoms with Crippen LogP contribution in [0.2, 0.25) is 0 Å². The first-order chi connectivity index (χ1) is 8.78. The molecule has 2 rings (SSSR count). The second-order valence-corrected chi connectivity index (χ2v) is 4.66. The standard InChI is InChI=1S/C9H5BrF3N3O2S/c10-4-1-2-5(6(3-4)18-9(11,12)13)16-7(17)14-15-8(16)19/h1-3H,(H,14,17)(H,15,19). The van der Waals surface area contributed by atoms with Gasteiger partial charge in [0.1, 0.15) is 0 Å². The van der Waals surface area contributed by atoms with Crippen molar-refractivity contribution < 1.29 is 17.9 Å². The predicted octanol–water partition coefficient (Wildman–Crippen LogP) is 2.88. The molecule has 0 aliphatic carbocycles. The summed E-state index contributed by atoms with van der Waals surface area (Å²) >= 11 is 7.84. The van der Waals surface area contributed by atoms with E-state index in [9.17, 15) is 18.0 Å². The van der Waals surface area contributed by atoms with Crippen LogP contribution in [-0.2, 0) is 0 Å². The Morgan fingerprint density at radius 3 is 2.53 bits per heavy atom. The highest BCUT2D eigenvalue weighted by atomic mass is 79.9. The first kappa shape index (κ1) is 13.9. The highest BCUT2D eigenvalue weighted by molar-refractivity contribution is 9.10. The van der Waals surface area contributed by atoms with E-state index >= 15 is 0 Å². The summed E-state index contributed by atoms with van der Waals surface area (Å²) in [5, 5.41) is 4.50. The van der Waals surface area contributed by atoms with Gasteiger partial charge in [-0.1, -0.05) is 15.9 Å². The monoisotopic (exact) mass is 355 g/mol. The Hall–Kier alpha value is -1.55. The smallest absolute Gasteiger partial charge is 0.403 e. The van der Waals surface area contributed by atoms with Crippen LogP contribution in [0.3, 0.4) is 0 Å². The van der Waals surface area contributed by atoms with Gasteiger partial charge in [0, 0.05) is 4.47 Å². The molecule has 1 heterocycles. The number of benzene rings is 1. The minimum atomic E-state index is -4.87. The van der Waals surface area contributed by atoms with Gasteiger partial charge in [0.15, 0.2) is 5.75 Å². The molecule has 0 aliphatic rings. The number of hydrogen-bond acceptors (Lipinski definition) is 3. The van der Waals surface area contributed by atoms with E-state index in [0.717, 1.165) is 10.6 Å². The number of nitrogens with one attached hydrogen (secondary N) is 2. The van der Waals surface area contributed by atoms with Gasteiger partial charge in [-0.25, -0.2) is 14.5 Å². The SMILES string of the molecule is O=c1[nH][nH]c(=S)n1-c1ccc(Br)cc1OC(F)(F)F. The molecule has 10 heteroatoms. The number of aromatic amines is 2. The zero-order valence-corrected chi connectivity index (χ0v) is 11.3. The third-order valence-electron chi connectivity index (χ3n) is 2.07. The average molecular weight is 356 g/mol. The number of aromatic nitrogens is 3. The van der Waals surface area contributed by atoms with Gasteiger partial charge >= 0.3 is 12.1 Å². The molecule has 1 aromatic carbocycles. The van der Waals surface area contributed by atoms with Crippen LogP contribution in [-0.4, -0.2) is 21.1 Å². The van der Waals surface area contributed by atoms with Crippen molar-refractivity contribution in [2.75, 3.05) is 0 Å². The van der Waals surface area contributed by atoms with Gasteiger partial charge < -0.3 is 4.74 Å². The van der Waals surface area contributed by atoms with E-state index in [-0.39, 0.29) is 10.5 Å². The summed E-state index contributed by atoms with van der Waals surface area (Å²) in [4.78, 5) is 11.5. The van der Waals surface area contributed by atoms with Crippen molar-refractivity contribution >= 4 is 28.1 Å². The molecule has 2 N–H and O–H groups in total. The quantitative estimate of drug-likeness (QED) is 0.814. The summed E-state index contributed by atoms with van der Waals surface area (Å²) in [5.41, 5.74) is -0.813. The minimum absolute atomic E-state index is 0.0700. The maximum absolute atomic E-state index is 12.3. The molecule has 0 bridgehead atoms. The van der Waals surface area contributed by atoms with Crippen LogP contribution < -0.4 is 10.4 Å². The first-order valence-electron chi connectivity index (χ1n) is 4.73. The summed E-state index contributed by atoms with van der Waals surface area (Å²) in [7, 11) is 0. The normalized spacial score (nSPS) is 11.6. The predicted molar refractivity (Wildman–Crippen MR) is 66.0 cm³/mol. The van der Waals surface area contributed by atoms with Crippen molar-refractivity contribution in [3.8, 4) is 11.4 Å². The fourth-order valence-corrected chi connectivity index (χ4v) is 1.98. The molecule has 2 aromatic rings. The van der Waals surface area contributed by atoms with Gasteiger partial charge in [0.25, 0.3) is 0 Å². The van der Waals surface area contributed by atoms with Crippen LogP contribution in [0.1, 0.15) is 0 Å². The van der Waals surface area contributed by atoms with E-state index in [4.69, 9.17) is 12.2 Å². The highest BCUT2D eigenvalue weighted by Gasteiger charge is 2.32. The van der Waals surface area contributed by atoms with Crippen LogP contribution in [0.5, 0.6) is 5.75 Å².